The predicted molar refractivity (Wildman–Crippen MR) is 64.4 cm³/mol. The van der Waals surface area contributed by atoms with Crippen LogP contribution in [0.15, 0.2) is 0 Å². The number of piperidine rings is 1. The minimum atomic E-state index is 1.29. The average Bonchev–Trinajstić information content (AvgIpc) is 2.80. The van der Waals surface area contributed by atoms with E-state index in [0.29, 0.717) is 0 Å². The topological polar surface area (TPSA) is 6.48 Å². The van der Waals surface area contributed by atoms with Crippen LogP contribution in [0.3, 0.4) is 0 Å². The van der Waals surface area contributed by atoms with E-state index < -0.39 is 0 Å². The first-order chi connectivity index (χ1) is 7.42. The first kappa shape index (κ1) is 11.4. The minimum absolute atomic E-state index is 1.29. The predicted octanol–water partition coefficient (Wildman–Crippen LogP) is 2.86. The maximum atomic E-state index is 2.66. The van der Waals surface area contributed by atoms with Gasteiger partial charge in [0.15, 0.2) is 0 Å². The molecule has 0 atom stereocenters. The molecule has 0 aromatic rings. The van der Waals surface area contributed by atoms with Crippen LogP contribution >= 0.6 is 0 Å². The number of rotatable bonds is 4. The molecule has 0 amide bonds. The Morgan fingerprint density at radius 1 is 0.800 bits per heavy atom. The Bertz CT molecular complexity index is 169. The Morgan fingerprint density at radius 2 is 1.27 bits per heavy atom. The monoisotopic (exact) mass is 209 g/mol. The Hall–Kier alpha value is -0.0800. The SMILES string of the molecule is CCC[C](N1CCCCC1)N1CCCC1. The zero-order valence-electron chi connectivity index (χ0n) is 10.2. The van der Waals surface area contributed by atoms with Crippen LogP contribution < -0.4 is 0 Å². The van der Waals surface area contributed by atoms with Gasteiger partial charge in [-0.25, -0.2) is 0 Å². The van der Waals surface area contributed by atoms with Crippen molar-refractivity contribution in [2.24, 2.45) is 0 Å². The normalized spacial score (nSPS) is 25.2. The maximum absolute atomic E-state index is 2.66. The quantitative estimate of drug-likeness (QED) is 0.702. The van der Waals surface area contributed by atoms with Crippen LogP contribution in [0.25, 0.3) is 0 Å². The van der Waals surface area contributed by atoms with Crippen molar-refractivity contribution in [1.29, 1.82) is 0 Å². The summed E-state index contributed by atoms with van der Waals surface area (Å²) in [6.45, 7) is 7.55. The lowest BCUT2D eigenvalue weighted by Crippen LogP contribution is -2.42. The molecule has 87 valence electrons. The van der Waals surface area contributed by atoms with E-state index >= 15 is 0 Å². The highest BCUT2D eigenvalue weighted by atomic mass is 15.4. The summed E-state index contributed by atoms with van der Waals surface area (Å²) in [4.78, 5) is 5.31. The molecule has 0 bridgehead atoms. The molecule has 0 aliphatic carbocycles. The van der Waals surface area contributed by atoms with Gasteiger partial charge in [0.05, 0.1) is 0 Å². The van der Waals surface area contributed by atoms with Gasteiger partial charge in [-0.15, -0.1) is 0 Å². The maximum Gasteiger partial charge on any atom is 0.106 e. The van der Waals surface area contributed by atoms with Gasteiger partial charge in [0.2, 0.25) is 0 Å². The van der Waals surface area contributed by atoms with Crippen LogP contribution in [-0.2, 0) is 0 Å². The van der Waals surface area contributed by atoms with Gasteiger partial charge in [-0.1, -0.05) is 19.8 Å². The zero-order chi connectivity index (χ0) is 10.5. The van der Waals surface area contributed by atoms with E-state index in [2.05, 4.69) is 16.7 Å². The van der Waals surface area contributed by atoms with Gasteiger partial charge in [0.1, 0.15) is 6.17 Å². The highest BCUT2D eigenvalue weighted by Crippen LogP contribution is 2.27. The smallest absolute Gasteiger partial charge is 0.106 e. The molecule has 0 N–H and O–H groups in total. The molecule has 1 radical (unpaired) electrons. The van der Waals surface area contributed by atoms with Gasteiger partial charge in [0, 0.05) is 26.2 Å². The molecule has 0 unspecified atom stereocenters. The second kappa shape index (κ2) is 5.86. The molecule has 0 saturated carbocycles. The van der Waals surface area contributed by atoms with Gasteiger partial charge in [-0.05, 0) is 32.1 Å². The molecule has 0 spiro atoms. The first-order valence-electron chi connectivity index (χ1n) is 6.77. The molecule has 2 heteroatoms. The lowest BCUT2D eigenvalue weighted by atomic mass is 10.1. The third-order valence-electron chi connectivity index (χ3n) is 3.67. The Morgan fingerprint density at radius 3 is 1.73 bits per heavy atom. The third kappa shape index (κ3) is 2.94. The van der Waals surface area contributed by atoms with Crippen LogP contribution in [0.2, 0.25) is 0 Å². The molecule has 2 aliphatic rings. The van der Waals surface area contributed by atoms with Gasteiger partial charge < -0.3 is 0 Å². The fourth-order valence-corrected chi connectivity index (χ4v) is 2.87. The first-order valence-corrected chi connectivity index (χ1v) is 6.77. The van der Waals surface area contributed by atoms with E-state index in [1.165, 1.54) is 71.1 Å². The fraction of sp³-hybridized carbons (Fsp3) is 0.923. The molecular formula is C13H25N2. The molecule has 15 heavy (non-hydrogen) atoms. The summed E-state index contributed by atoms with van der Waals surface area (Å²) < 4.78 is 0. The number of hydrogen-bond acceptors (Lipinski definition) is 2. The zero-order valence-corrected chi connectivity index (χ0v) is 10.2. The molecule has 2 rings (SSSR count). The minimum Gasteiger partial charge on any atom is -0.283 e. The van der Waals surface area contributed by atoms with Crippen molar-refractivity contribution in [2.75, 3.05) is 26.2 Å². The van der Waals surface area contributed by atoms with Gasteiger partial charge >= 0.3 is 0 Å². The second-order valence-electron chi connectivity index (χ2n) is 4.91. The second-order valence-corrected chi connectivity index (χ2v) is 4.91. The van der Waals surface area contributed by atoms with Gasteiger partial charge in [-0.3, -0.25) is 9.80 Å². The molecule has 2 saturated heterocycles. The van der Waals surface area contributed by atoms with Crippen molar-refractivity contribution in [3.8, 4) is 0 Å². The van der Waals surface area contributed by atoms with Crippen molar-refractivity contribution < 1.29 is 0 Å². The summed E-state index contributed by atoms with van der Waals surface area (Å²) in [5, 5.41) is 0. The van der Waals surface area contributed by atoms with Crippen LogP contribution in [0.4, 0.5) is 0 Å². The Labute approximate surface area is 94.6 Å². The van der Waals surface area contributed by atoms with Crippen LogP contribution in [0, 0.1) is 6.17 Å². The third-order valence-corrected chi connectivity index (χ3v) is 3.67. The number of hydrogen-bond donors (Lipinski definition) is 0. The highest BCUT2D eigenvalue weighted by molar-refractivity contribution is 4.92. The lowest BCUT2D eigenvalue weighted by Gasteiger charge is -2.38. The van der Waals surface area contributed by atoms with Crippen molar-refractivity contribution in [3.05, 3.63) is 6.17 Å². The van der Waals surface area contributed by atoms with Crippen molar-refractivity contribution in [2.45, 2.75) is 51.9 Å². The fourth-order valence-electron chi connectivity index (χ4n) is 2.87. The summed E-state index contributed by atoms with van der Waals surface area (Å²) in [5.41, 5.74) is 0. The summed E-state index contributed by atoms with van der Waals surface area (Å²) in [7, 11) is 0. The molecule has 2 fully saturated rings. The Balaban J connectivity index is 1.90. The van der Waals surface area contributed by atoms with Crippen LogP contribution in [0.5, 0.6) is 0 Å². The Kier molecular flexibility index (Phi) is 4.45. The average molecular weight is 209 g/mol. The van der Waals surface area contributed by atoms with Crippen molar-refractivity contribution in [3.63, 3.8) is 0 Å². The number of likely N-dealkylation sites (tertiary alicyclic amines) is 2. The lowest BCUT2D eigenvalue weighted by molar-refractivity contribution is 0.125. The van der Waals surface area contributed by atoms with Crippen LogP contribution in [-0.4, -0.2) is 36.0 Å². The molecule has 2 aliphatic heterocycles. The molecular weight excluding hydrogens is 184 g/mol. The largest absolute Gasteiger partial charge is 0.283 e. The summed E-state index contributed by atoms with van der Waals surface area (Å²) >= 11 is 0. The summed E-state index contributed by atoms with van der Waals surface area (Å²) in [6, 6.07) is 0. The molecule has 0 aromatic heterocycles. The van der Waals surface area contributed by atoms with E-state index in [9.17, 15) is 0 Å². The number of nitrogens with zero attached hydrogens (tertiary/aromatic N) is 2. The molecule has 0 aromatic carbocycles. The van der Waals surface area contributed by atoms with E-state index in [1.54, 1.807) is 6.17 Å². The van der Waals surface area contributed by atoms with Gasteiger partial charge in [0.25, 0.3) is 0 Å². The van der Waals surface area contributed by atoms with E-state index in [-0.39, 0.29) is 0 Å². The van der Waals surface area contributed by atoms with E-state index in [4.69, 9.17) is 0 Å². The highest BCUT2D eigenvalue weighted by Gasteiger charge is 2.28. The van der Waals surface area contributed by atoms with E-state index in [0.717, 1.165) is 0 Å². The van der Waals surface area contributed by atoms with E-state index in [1.807, 2.05) is 0 Å². The summed E-state index contributed by atoms with van der Waals surface area (Å²) in [6.07, 6.45) is 11.3. The summed E-state index contributed by atoms with van der Waals surface area (Å²) in [5.74, 6) is 0. The molecule has 2 nitrogen and oxygen atoms in total. The standard InChI is InChI=1S/C13H25N2/c1-2-8-13(15-11-6-7-12-15)14-9-4-3-5-10-14/h2-12H2,1H3. The van der Waals surface area contributed by atoms with Crippen molar-refractivity contribution in [1.82, 2.24) is 9.80 Å². The van der Waals surface area contributed by atoms with Gasteiger partial charge in [-0.2, -0.15) is 0 Å². The van der Waals surface area contributed by atoms with Crippen molar-refractivity contribution >= 4 is 0 Å². The molecule has 2 heterocycles. The van der Waals surface area contributed by atoms with Crippen LogP contribution in [0.1, 0.15) is 51.9 Å².